The molecule has 3 aromatic rings. The van der Waals surface area contributed by atoms with Gasteiger partial charge in [-0.15, -0.1) is 11.3 Å². The average Bonchev–Trinajstić information content (AvgIpc) is 3.33. The maximum absolute atomic E-state index is 13.0. The molecule has 124 valence electrons. The molecule has 4 heterocycles. The number of carbonyl (C=O) groups excluding carboxylic acids is 1. The van der Waals surface area contributed by atoms with E-state index in [1.165, 1.54) is 0 Å². The summed E-state index contributed by atoms with van der Waals surface area (Å²) in [4.78, 5) is 29.8. The van der Waals surface area contributed by atoms with Crippen LogP contribution in [0.3, 0.4) is 0 Å². The molecule has 7 heteroatoms. The monoisotopic (exact) mass is 341 g/mol. The molecule has 1 aliphatic heterocycles. The Labute approximate surface area is 144 Å². The van der Waals surface area contributed by atoms with Gasteiger partial charge >= 0.3 is 0 Å². The second kappa shape index (κ2) is 6.24. The van der Waals surface area contributed by atoms with Crippen molar-refractivity contribution in [1.82, 2.24) is 19.9 Å². The molecule has 1 saturated heterocycles. The quantitative estimate of drug-likeness (QED) is 0.792. The van der Waals surface area contributed by atoms with Crippen molar-refractivity contribution >= 4 is 33.3 Å². The Morgan fingerprint density at radius 3 is 3.21 bits per heavy atom. The van der Waals surface area contributed by atoms with Crippen molar-refractivity contribution in [3.05, 3.63) is 41.8 Å². The van der Waals surface area contributed by atoms with E-state index < -0.39 is 0 Å². The first-order chi connectivity index (χ1) is 11.7. The third-order valence-electron chi connectivity index (χ3n) is 4.50. The van der Waals surface area contributed by atoms with Gasteiger partial charge in [-0.1, -0.05) is 0 Å². The van der Waals surface area contributed by atoms with Crippen LogP contribution in [0.5, 0.6) is 0 Å². The summed E-state index contributed by atoms with van der Waals surface area (Å²) in [6, 6.07) is 5.83. The lowest BCUT2D eigenvalue weighted by Crippen LogP contribution is -2.44. The normalized spacial score (nSPS) is 17.5. The SMILES string of the molecule is CN(Cc1ccc[nH]1)C(=O)C1CCCN1c1ncnc2sccc12. The summed E-state index contributed by atoms with van der Waals surface area (Å²) in [6.45, 7) is 1.45. The van der Waals surface area contributed by atoms with E-state index >= 15 is 0 Å². The van der Waals surface area contributed by atoms with Gasteiger partial charge in [-0.3, -0.25) is 4.79 Å². The molecule has 0 saturated carbocycles. The first-order valence-electron chi connectivity index (χ1n) is 8.06. The van der Waals surface area contributed by atoms with Crippen LogP contribution in [0.1, 0.15) is 18.5 Å². The van der Waals surface area contributed by atoms with Crippen LogP contribution in [0.4, 0.5) is 5.82 Å². The molecule has 1 unspecified atom stereocenters. The summed E-state index contributed by atoms with van der Waals surface area (Å²) in [5.41, 5.74) is 1.04. The van der Waals surface area contributed by atoms with Crippen LogP contribution in [-0.4, -0.2) is 45.4 Å². The number of aromatic nitrogens is 3. The summed E-state index contributed by atoms with van der Waals surface area (Å²) in [5.74, 6) is 1.02. The molecule has 1 amide bonds. The van der Waals surface area contributed by atoms with Crippen molar-refractivity contribution in [3.8, 4) is 0 Å². The lowest BCUT2D eigenvalue weighted by Gasteiger charge is -2.29. The fraction of sp³-hybridized carbons (Fsp3) is 0.353. The van der Waals surface area contributed by atoms with Gasteiger partial charge in [0.15, 0.2) is 0 Å². The summed E-state index contributed by atoms with van der Waals surface area (Å²) in [5, 5.41) is 3.06. The van der Waals surface area contributed by atoms with Crippen LogP contribution >= 0.6 is 11.3 Å². The summed E-state index contributed by atoms with van der Waals surface area (Å²) in [7, 11) is 1.86. The maximum atomic E-state index is 13.0. The topological polar surface area (TPSA) is 65.1 Å². The van der Waals surface area contributed by atoms with Gasteiger partial charge < -0.3 is 14.8 Å². The van der Waals surface area contributed by atoms with Crippen LogP contribution in [0.2, 0.25) is 0 Å². The van der Waals surface area contributed by atoms with E-state index in [9.17, 15) is 4.79 Å². The Bertz CT molecular complexity index is 844. The molecule has 1 aliphatic rings. The molecular weight excluding hydrogens is 322 g/mol. The molecule has 0 radical (unpaired) electrons. The van der Waals surface area contributed by atoms with Gasteiger partial charge in [0.25, 0.3) is 0 Å². The van der Waals surface area contributed by atoms with Crippen LogP contribution in [0.25, 0.3) is 10.2 Å². The Balaban J connectivity index is 1.58. The highest BCUT2D eigenvalue weighted by molar-refractivity contribution is 7.16. The summed E-state index contributed by atoms with van der Waals surface area (Å²) < 4.78 is 0. The third kappa shape index (κ3) is 2.65. The van der Waals surface area contributed by atoms with Crippen molar-refractivity contribution in [1.29, 1.82) is 0 Å². The summed E-state index contributed by atoms with van der Waals surface area (Å²) >= 11 is 1.60. The lowest BCUT2D eigenvalue weighted by atomic mass is 10.2. The number of rotatable bonds is 4. The molecule has 0 bridgehead atoms. The number of hydrogen-bond acceptors (Lipinski definition) is 5. The highest BCUT2D eigenvalue weighted by Crippen LogP contribution is 2.32. The second-order valence-electron chi connectivity index (χ2n) is 6.08. The molecule has 1 atom stereocenters. The fourth-order valence-corrected chi connectivity index (χ4v) is 4.06. The molecule has 24 heavy (non-hydrogen) atoms. The highest BCUT2D eigenvalue weighted by Gasteiger charge is 2.34. The number of carbonyl (C=O) groups is 1. The molecule has 0 spiro atoms. The molecule has 6 nitrogen and oxygen atoms in total. The Kier molecular flexibility index (Phi) is 3.93. The van der Waals surface area contributed by atoms with E-state index in [0.29, 0.717) is 6.54 Å². The van der Waals surface area contributed by atoms with Crippen LogP contribution in [0, 0.1) is 0 Å². The van der Waals surface area contributed by atoms with Crippen molar-refractivity contribution in [3.63, 3.8) is 0 Å². The lowest BCUT2D eigenvalue weighted by molar-refractivity contribution is -0.131. The van der Waals surface area contributed by atoms with Gasteiger partial charge in [0.05, 0.1) is 11.9 Å². The molecule has 4 rings (SSSR count). The zero-order valence-electron chi connectivity index (χ0n) is 13.5. The molecule has 1 N–H and O–H groups in total. The third-order valence-corrected chi connectivity index (χ3v) is 5.32. The predicted molar refractivity (Wildman–Crippen MR) is 95.0 cm³/mol. The Morgan fingerprint density at radius 2 is 2.38 bits per heavy atom. The number of nitrogens with zero attached hydrogens (tertiary/aromatic N) is 4. The molecule has 1 fully saturated rings. The zero-order valence-corrected chi connectivity index (χ0v) is 14.3. The number of fused-ring (bicyclic) bond motifs is 1. The van der Waals surface area contributed by atoms with Crippen LogP contribution < -0.4 is 4.90 Å². The number of anilines is 1. The largest absolute Gasteiger partial charge is 0.364 e. The molecular formula is C17H19N5OS. The van der Waals surface area contributed by atoms with Gasteiger partial charge in [-0.2, -0.15) is 0 Å². The summed E-state index contributed by atoms with van der Waals surface area (Å²) in [6.07, 6.45) is 5.34. The number of H-pyrrole nitrogens is 1. The molecule has 3 aromatic heterocycles. The number of amides is 1. The van der Waals surface area contributed by atoms with Crippen LogP contribution in [0.15, 0.2) is 36.1 Å². The van der Waals surface area contributed by atoms with Gasteiger partial charge in [0, 0.05) is 25.5 Å². The zero-order chi connectivity index (χ0) is 16.5. The van der Waals surface area contributed by atoms with E-state index in [-0.39, 0.29) is 11.9 Å². The van der Waals surface area contributed by atoms with Crippen LogP contribution in [-0.2, 0) is 11.3 Å². The van der Waals surface area contributed by atoms with Crippen molar-refractivity contribution in [2.75, 3.05) is 18.5 Å². The number of thiophene rings is 1. The first kappa shape index (κ1) is 15.1. The molecule has 0 aromatic carbocycles. The Hall–Kier alpha value is -2.41. The van der Waals surface area contributed by atoms with Crippen molar-refractivity contribution in [2.24, 2.45) is 0 Å². The number of nitrogens with one attached hydrogen (secondary N) is 1. The fourth-order valence-electron chi connectivity index (χ4n) is 3.34. The number of likely N-dealkylation sites (N-methyl/N-ethyl adjacent to an activating group) is 1. The minimum atomic E-state index is -0.150. The van der Waals surface area contributed by atoms with E-state index in [1.54, 1.807) is 22.6 Å². The van der Waals surface area contributed by atoms with Gasteiger partial charge in [0.2, 0.25) is 5.91 Å². The van der Waals surface area contributed by atoms with Crippen molar-refractivity contribution < 1.29 is 4.79 Å². The number of aromatic amines is 1. The van der Waals surface area contributed by atoms with Gasteiger partial charge in [-0.05, 0) is 36.4 Å². The van der Waals surface area contributed by atoms with E-state index in [2.05, 4.69) is 19.9 Å². The Morgan fingerprint density at radius 1 is 1.46 bits per heavy atom. The minimum absolute atomic E-state index is 0.143. The smallest absolute Gasteiger partial charge is 0.245 e. The maximum Gasteiger partial charge on any atom is 0.245 e. The van der Waals surface area contributed by atoms with Gasteiger partial charge in [0.1, 0.15) is 23.0 Å². The van der Waals surface area contributed by atoms with Crippen molar-refractivity contribution in [2.45, 2.75) is 25.4 Å². The second-order valence-corrected chi connectivity index (χ2v) is 6.97. The highest BCUT2D eigenvalue weighted by atomic mass is 32.1. The van der Waals surface area contributed by atoms with Gasteiger partial charge in [-0.25, -0.2) is 9.97 Å². The first-order valence-corrected chi connectivity index (χ1v) is 8.94. The standard InChI is InChI=1S/C17H19N5OS/c1-21(10-12-4-2-7-18-12)17(23)14-5-3-8-22(14)15-13-6-9-24-16(13)20-11-19-15/h2,4,6-7,9,11,14,18H,3,5,8,10H2,1H3. The van der Waals surface area contributed by atoms with E-state index in [1.807, 2.05) is 36.8 Å². The minimum Gasteiger partial charge on any atom is -0.364 e. The van der Waals surface area contributed by atoms with E-state index in [0.717, 1.165) is 41.1 Å². The molecule has 0 aliphatic carbocycles. The average molecular weight is 341 g/mol. The predicted octanol–water partition coefficient (Wildman–Crippen LogP) is 2.65. The number of hydrogen-bond donors (Lipinski definition) is 1. The van der Waals surface area contributed by atoms with E-state index in [4.69, 9.17) is 0 Å².